The lowest BCUT2D eigenvalue weighted by atomic mass is 9.75. The number of unbranched alkanes of at least 4 members (excludes halogenated alkanes) is 21. The quantitative estimate of drug-likeness (QED) is 0.0582. The van der Waals surface area contributed by atoms with Crippen LogP contribution in [0.25, 0.3) is 0 Å². The van der Waals surface area contributed by atoms with Gasteiger partial charge < -0.3 is 0 Å². The van der Waals surface area contributed by atoms with E-state index in [-0.39, 0.29) is 27.2 Å². The van der Waals surface area contributed by atoms with E-state index < -0.39 is 0 Å². The molecule has 0 fully saturated rings. The molecule has 0 bridgehead atoms. The third-order valence-corrected chi connectivity index (χ3v) is 11.9. The van der Waals surface area contributed by atoms with Crippen molar-refractivity contribution < 1.29 is 9.13 Å². The van der Waals surface area contributed by atoms with Gasteiger partial charge in [-0.15, -0.1) is 0 Å². The fourth-order valence-electron chi connectivity index (χ4n) is 6.50. The summed E-state index contributed by atoms with van der Waals surface area (Å²) in [5, 5.41) is -0.644. The summed E-state index contributed by atoms with van der Waals surface area (Å²) in [5.41, 5.74) is 0. The Labute approximate surface area is 249 Å². The minimum atomic E-state index is -0.322. The van der Waals surface area contributed by atoms with Crippen LogP contribution in [-0.4, -0.2) is 10.3 Å². The van der Waals surface area contributed by atoms with Gasteiger partial charge in [0.1, 0.15) is 0 Å². The van der Waals surface area contributed by atoms with Crippen molar-refractivity contribution in [2.24, 2.45) is 0 Å². The molecule has 0 aromatic rings. The van der Waals surface area contributed by atoms with Crippen molar-refractivity contribution in [1.82, 2.24) is 0 Å². The van der Waals surface area contributed by atoms with Crippen LogP contribution in [0.2, 0.25) is 0 Å². The highest BCUT2D eigenvalue weighted by atomic mass is 31.1. The first-order valence-corrected chi connectivity index (χ1v) is 19.4. The molecule has 1 atom stereocenters. The van der Waals surface area contributed by atoms with E-state index in [1.807, 2.05) is 0 Å². The van der Waals surface area contributed by atoms with Gasteiger partial charge in [0.05, 0.1) is 10.3 Å². The zero-order valence-electron chi connectivity index (χ0n) is 27.2. The highest BCUT2D eigenvalue weighted by molar-refractivity contribution is 7.32. The third-order valence-electron chi connectivity index (χ3n) is 9.24. The van der Waals surface area contributed by atoms with Gasteiger partial charge in [0.2, 0.25) is 0 Å². The Morgan fingerprint density at radius 3 is 0.667 bits per heavy atom. The molecule has 0 saturated heterocycles. The number of hydrogen-bond acceptors (Lipinski definition) is 2. The molecule has 0 amide bonds. The monoisotopic (exact) mass is 584 g/mol. The minimum Gasteiger partial charge on any atom is -0.274 e. The van der Waals surface area contributed by atoms with E-state index >= 15 is 0 Å². The fraction of sp³-hybridized carbons (Fsp3) is 1.00. The Balaban J connectivity index is 5.57. The molecular formula is C35H70O2P2. The largest absolute Gasteiger partial charge is 0.274 e. The lowest BCUT2D eigenvalue weighted by molar-refractivity contribution is 0.287. The average Bonchev–Trinajstić information content (AvgIpc) is 2.96. The summed E-state index contributed by atoms with van der Waals surface area (Å²) in [6.45, 7) is 9.10. The molecule has 2 nitrogen and oxygen atoms in total. The van der Waals surface area contributed by atoms with E-state index in [1.54, 1.807) is 0 Å². The molecule has 0 aliphatic carbocycles. The average molecular weight is 585 g/mol. The highest BCUT2D eigenvalue weighted by Crippen LogP contribution is 2.55. The summed E-state index contributed by atoms with van der Waals surface area (Å²) < 4.78 is 26.6. The molecule has 0 aliphatic heterocycles. The van der Waals surface area contributed by atoms with Crippen molar-refractivity contribution >= 4 is 16.9 Å². The van der Waals surface area contributed by atoms with Gasteiger partial charge in [0, 0.05) is 0 Å². The Morgan fingerprint density at radius 1 is 0.308 bits per heavy atom. The fourth-order valence-corrected chi connectivity index (χ4v) is 8.53. The highest BCUT2D eigenvalue weighted by Gasteiger charge is 2.51. The molecule has 0 rings (SSSR count). The van der Waals surface area contributed by atoms with Crippen LogP contribution in [0.4, 0.5) is 0 Å². The predicted octanol–water partition coefficient (Wildman–Crippen LogP) is 14.4. The molecule has 0 saturated carbocycles. The Hall–Kier alpha value is 0.200. The smallest absolute Gasteiger partial charge is 0.163 e. The standard InChI is InChI=1S/C35H70O2P2/c1-5-9-13-17-21-25-29-33-35(39-37,32-28-24-20-16-12-8-4)34(38-36,30-26-22-18-14-10-6-2)31-27-23-19-15-11-7-3/h5-33H2,1-4H3. The van der Waals surface area contributed by atoms with Crippen LogP contribution in [0.3, 0.4) is 0 Å². The maximum absolute atomic E-state index is 13.3. The molecule has 0 aliphatic rings. The van der Waals surface area contributed by atoms with Gasteiger partial charge in [0.15, 0.2) is 16.9 Å². The van der Waals surface area contributed by atoms with E-state index in [1.165, 1.54) is 135 Å². The van der Waals surface area contributed by atoms with Gasteiger partial charge in [-0.1, -0.05) is 188 Å². The molecule has 1 unspecified atom stereocenters. The second-order valence-corrected chi connectivity index (χ2v) is 14.7. The topological polar surface area (TPSA) is 34.1 Å². The van der Waals surface area contributed by atoms with Crippen LogP contribution in [0.5, 0.6) is 0 Å². The molecule has 232 valence electrons. The van der Waals surface area contributed by atoms with Gasteiger partial charge in [-0.25, -0.2) is 0 Å². The first-order chi connectivity index (χ1) is 19.1. The van der Waals surface area contributed by atoms with E-state index in [0.29, 0.717) is 0 Å². The SMILES string of the molecule is CCCCCCCCCC(CCCCCCCC)(P=O)C(CCCCCCCC)(CCCCCCCC)P=O. The van der Waals surface area contributed by atoms with Gasteiger partial charge in [-0.05, 0) is 25.7 Å². The van der Waals surface area contributed by atoms with Crippen LogP contribution < -0.4 is 0 Å². The van der Waals surface area contributed by atoms with E-state index in [0.717, 1.165) is 51.4 Å². The number of hydrogen-bond donors (Lipinski definition) is 0. The predicted molar refractivity (Wildman–Crippen MR) is 177 cm³/mol. The molecule has 0 aromatic carbocycles. The van der Waals surface area contributed by atoms with E-state index in [2.05, 4.69) is 27.7 Å². The Bertz CT molecular complexity index is 523. The summed E-state index contributed by atoms with van der Waals surface area (Å²) in [7, 11) is 0.545. The molecule has 4 heteroatoms. The summed E-state index contributed by atoms with van der Waals surface area (Å²) in [4.78, 5) is 0. The lowest BCUT2D eigenvalue weighted by Gasteiger charge is -2.43. The Morgan fingerprint density at radius 2 is 0.487 bits per heavy atom. The van der Waals surface area contributed by atoms with Crippen molar-refractivity contribution in [2.75, 3.05) is 0 Å². The zero-order valence-corrected chi connectivity index (χ0v) is 29.0. The van der Waals surface area contributed by atoms with Crippen molar-refractivity contribution in [2.45, 2.75) is 224 Å². The second-order valence-electron chi connectivity index (χ2n) is 12.7. The maximum Gasteiger partial charge on any atom is 0.163 e. The molecule has 0 heterocycles. The summed E-state index contributed by atoms with van der Waals surface area (Å²) >= 11 is 0. The zero-order chi connectivity index (χ0) is 28.9. The summed E-state index contributed by atoms with van der Waals surface area (Å²) in [5.74, 6) is 0. The second kappa shape index (κ2) is 28.3. The van der Waals surface area contributed by atoms with Gasteiger partial charge in [0.25, 0.3) is 0 Å². The minimum absolute atomic E-state index is 0.272. The van der Waals surface area contributed by atoms with E-state index in [9.17, 15) is 9.13 Å². The van der Waals surface area contributed by atoms with Crippen molar-refractivity contribution in [1.29, 1.82) is 0 Å². The lowest BCUT2D eigenvalue weighted by Crippen LogP contribution is -2.46. The van der Waals surface area contributed by atoms with Crippen molar-refractivity contribution in [3.05, 3.63) is 0 Å². The van der Waals surface area contributed by atoms with Crippen LogP contribution >= 0.6 is 16.9 Å². The third kappa shape index (κ3) is 18.4. The van der Waals surface area contributed by atoms with Crippen LogP contribution in [0.1, 0.15) is 214 Å². The summed E-state index contributed by atoms with van der Waals surface area (Å²) in [6, 6.07) is 0. The Kier molecular flexibility index (Phi) is 28.5. The normalized spacial score (nSPS) is 13.8. The van der Waals surface area contributed by atoms with Gasteiger partial charge >= 0.3 is 0 Å². The molecule has 0 radical (unpaired) electrons. The maximum atomic E-state index is 13.3. The molecule has 0 N–H and O–H groups in total. The van der Waals surface area contributed by atoms with Crippen molar-refractivity contribution in [3.8, 4) is 0 Å². The molecular weight excluding hydrogens is 514 g/mol. The van der Waals surface area contributed by atoms with Crippen LogP contribution in [0, 0.1) is 0 Å². The molecule has 0 aromatic heterocycles. The van der Waals surface area contributed by atoms with E-state index in [4.69, 9.17) is 0 Å². The summed E-state index contributed by atoms with van der Waals surface area (Å²) in [6.07, 6.45) is 35.6. The first kappa shape index (κ1) is 39.2. The first-order valence-electron chi connectivity index (χ1n) is 17.8. The van der Waals surface area contributed by atoms with Crippen molar-refractivity contribution in [3.63, 3.8) is 0 Å². The molecule has 39 heavy (non-hydrogen) atoms. The van der Waals surface area contributed by atoms with Crippen LogP contribution in [0.15, 0.2) is 0 Å². The van der Waals surface area contributed by atoms with Crippen LogP contribution in [-0.2, 0) is 9.13 Å². The molecule has 0 spiro atoms. The van der Waals surface area contributed by atoms with Gasteiger partial charge in [-0.3, -0.25) is 9.13 Å². The van der Waals surface area contributed by atoms with Gasteiger partial charge in [-0.2, -0.15) is 0 Å². The number of rotatable bonds is 32.